The summed E-state index contributed by atoms with van der Waals surface area (Å²) in [6.07, 6.45) is 1.60. The third-order valence-corrected chi connectivity index (χ3v) is 5.60. The number of hydrogen-bond donors (Lipinski definition) is 3. The van der Waals surface area contributed by atoms with Gasteiger partial charge in [-0.05, 0) is 18.6 Å². The zero-order valence-electron chi connectivity index (χ0n) is 21.6. The van der Waals surface area contributed by atoms with E-state index in [9.17, 15) is 24.0 Å². The second-order valence-electron chi connectivity index (χ2n) is 8.22. The SMILES string of the molecule is CN(C(=O)c1cccc(NCCOCCOCCOCCOCCNC=O)c1C=O)C1CCC(=O)NC1=O. The molecule has 1 saturated heterocycles. The molecule has 3 N–H and O–H groups in total. The number of amides is 4. The number of hydrogen-bond acceptors (Lipinski definition) is 10. The number of anilines is 1. The molecule has 1 atom stereocenters. The minimum atomic E-state index is -0.782. The molecule has 13 heteroatoms. The van der Waals surface area contributed by atoms with Crippen LogP contribution in [-0.4, -0.2) is 114 Å². The highest BCUT2D eigenvalue weighted by Gasteiger charge is 2.33. The van der Waals surface area contributed by atoms with Crippen LogP contribution in [0.15, 0.2) is 18.2 Å². The van der Waals surface area contributed by atoms with Crippen LogP contribution in [0.3, 0.4) is 0 Å². The Morgan fingerprint density at radius 1 is 0.974 bits per heavy atom. The fraction of sp³-hybridized carbons (Fsp3) is 0.560. The molecule has 1 fully saturated rings. The second kappa shape index (κ2) is 18.0. The number of piperidine rings is 1. The molecule has 1 aliphatic rings. The molecule has 0 saturated carbocycles. The lowest BCUT2D eigenvalue weighted by Crippen LogP contribution is -2.53. The summed E-state index contributed by atoms with van der Waals surface area (Å²) >= 11 is 0. The summed E-state index contributed by atoms with van der Waals surface area (Å²) in [5.74, 6) is -1.38. The van der Waals surface area contributed by atoms with Crippen molar-refractivity contribution in [3.05, 3.63) is 29.3 Å². The van der Waals surface area contributed by atoms with Gasteiger partial charge in [0, 0.05) is 32.2 Å². The summed E-state index contributed by atoms with van der Waals surface area (Å²) < 4.78 is 21.6. The van der Waals surface area contributed by atoms with Crippen LogP contribution >= 0.6 is 0 Å². The highest BCUT2D eigenvalue weighted by atomic mass is 16.6. The highest BCUT2D eigenvalue weighted by molar-refractivity contribution is 6.07. The van der Waals surface area contributed by atoms with Gasteiger partial charge in [0.15, 0.2) is 6.29 Å². The van der Waals surface area contributed by atoms with Gasteiger partial charge < -0.3 is 34.5 Å². The molecule has 1 aromatic rings. The fourth-order valence-corrected chi connectivity index (χ4v) is 3.63. The molecule has 1 aliphatic heterocycles. The Kier molecular flexibility index (Phi) is 14.6. The summed E-state index contributed by atoms with van der Waals surface area (Å²) in [4.78, 5) is 59.7. The monoisotopic (exact) mass is 536 g/mol. The maximum Gasteiger partial charge on any atom is 0.255 e. The van der Waals surface area contributed by atoms with Crippen molar-refractivity contribution in [3.63, 3.8) is 0 Å². The number of nitrogens with zero attached hydrogens (tertiary/aromatic N) is 1. The van der Waals surface area contributed by atoms with Gasteiger partial charge in [0.1, 0.15) is 6.04 Å². The first kappa shape index (κ1) is 30.8. The average molecular weight is 537 g/mol. The number of carbonyl (C=O) groups is 5. The topological polar surface area (TPSA) is 162 Å². The van der Waals surface area contributed by atoms with Gasteiger partial charge in [-0.15, -0.1) is 0 Å². The Hall–Kier alpha value is -3.39. The van der Waals surface area contributed by atoms with Crippen LogP contribution in [0.25, 0.3) is 0 Å². The molecule has 0 bridgehead atoms. The molecule has 0 aliphatic carbocycles. The highest BCUT2D eigenvalue weighted by Crippen LogP contribution is 2.21. The predicted octanol–water partition coefficient (Wildman–Crippen LogP) is -0.399. The zero-order chi connectivity index (χ0) is 27.6. The summed E-state index contributed by atoms with van der Waals surface area (Å²) in [5.41, 5.74) is 0.821. The molecular formula is C25H36N4O9. The summed E-state index contributed by atoms with van der Waals surface area (Å²) in [6, 6.07) is 4.07. The van der Waals surface area contributed by atoms with Crippen LogP contribution in [0.1, 0.15) is 33.6 Å². The van der Waals surface area contributed by atoms with Crippen molar-refractivity contribution in [1.82, 2.24) is 15.5 Å². The number of imide groups is 1. The van der Waals surface area contributed by atoms with Crippen molar-refractivity contribution in [1.29, 1.82) is 0 Å². The normalized spacial score (nSPS) is 15.0. The molecule has 4 amide bonds. The van der Waals surface area contributed by atoms with E-state index >= 15 is 0 Å². The molecule has 2 rings (SSSR count). The maximum atomic E-state index is 13.0. The predicted molar refractivity (Wildman–Crippen MR) is 136 cm³/mol. The number of likely N-dealkylation sites (N-methyl/N-ethyl adjacent to an activating group) is 1. The minimum Gasteiger partial charge on any atom is -0.382 e. The standard InChI is InChI=1S/C25H36N4O9/c1-29(22-5-6-23(32)28-24(22)33)25(34)19-3-2-4-21(20(19)17-30)27-8-10-36-12-14-38-16-15-37-13-11-35-9-7-26-18-31/h2-4,17-18,22,27H,5-16H2,1H3,(H,26,31)(H,28,32,33). The van der Waals surface area contributed by atoms with Crippen molar-refractivity contribution >= 4 is 36.1 Å². The second-order valence-corrected chi connectivity index (χ2v) is 8.22. The fourth-order valence-electron chi connectivity index (χ4n) is 3.63. The van der Waals surface area contributed by atoms with Gasteiger partial charge in [-0.25, -0.2) is 0 Å². The zero-order valence-corrected chi connectivity index (χ0v) is 21.6. The third-order valence-electron chi connectivity index (χ3n) is 5.60. The summed E-state index contributed by atoms with van der Waals surface area (Å²) in [6.45, 7) is 4.16. The molecule has 38 heavy (non-hydrogen) atoms. The third kappa shape index (κ3) is 10.5. The van der Waals surface area contributed by atoms with Gasteiger partial charge >= 0.3 is 0 Å². The van der Waals surface area contributed by atoms with E-state index < -0.39 is 17.9 Å². The molecule has 0 aromatic heterocycles. The number of rotatable bonds is 20. The number of nitrogens with one attached hydrogen (secondary N) is 3. The van der Waals surface area contributed by atoms with E-state index in [0.717, 1.165) is 0 Å². The van der Waals surface area contributed by atoms with Crippen LogP contribution in [0.5, 0.6) is 0 Å². The van der Waals surface area contributed by atoms with Gasteiger partial charge in [-0.2, -0.15) is 0 Å². The Bertz CT molecular complexity index is 928. The van der Waals surface area contributed by atoms with Gasteiger partial charge in [0.25, 0.3) is 5.91 Å². The lowest BCUT2D eigenvalue weighted by molar-refractivity contribution is -0.136. The molecule has 0 radical (unpaired) electrons. The Labute approximate surface area is 221 Å². The number of carbonyl (C=O) groups excluding carboxylic acids is 5. The van der Waals surface area contributed by atoms with Crippen molar-refractivity contribution in [3.8, 4) is 0 Å². The summed E-state index contributed by atoms with van der Waals surface area (Å²) in [5, 5.41) is 7.83. The quantitative estimate of drug-likeness (QED) is 0.114. The largest absolute Gasteiger partial charge is 0.382 e. The van der Waals surface area contributed by atoms with Gasteiger partial charge in [0.05, 0.1) is 64.0 Å². The summed E-state index contributed by atoms with van der Waals surface area (Å²) in [7, 11) is 1.48. The number of ether oxygens (including phenoxy) is 4. The number of aldehydes is 1. The average Bonchev–Trinajstić information content (AvgIpc) is 2.91. The van der Waals surface area contributed by atoms with Gasteiger partial charge in [-0.1, -0.05) is 6.07 Å². The molecule has 0 spiro atoms. The first-order valence-electron chi connectivity index (χ1n) is 12.4. The van der Waals surface area contributed by atoms with Crippen LogP contribution in [0.4, 0.5) is 5.69 Å². The van der Waals surface area contributed by atoms with E-state index in [-0.39, 0.29) is 29.9 Å². The first-order valence-corrected chi connectivity index (χ1v) is 12.4. The molecular weight excluding hydrogens is 500 g/mol. The first-order chi connectivity index (χ1) is 18.5. The lowest BCUT2D eigenvalue weighted by Gasteiger charge is -2.30. The Morgan fingerprint density at radius 2 is 1.58 bits per heavy atom. The van der Waals surface area contributed by atoms with Crippen molar-refractivity contribution in [2.45, 2.75) is 18.9 Å². The van der Waals surface area contributed by atoms with E-state index in [0.29, 0.717) is 84.3 Å². The van der Waals surface area contributed by atoms with Crippen molar-refractivity contribution < 1.29 is 42.9 Å². The van der Waals surface area contributed by atoms with Crippen LogP contribution in [0, 0.1) is 0 Å². The number of benzene rings is 1. The molecule has 1 unspecified atom stereocenters. The van der Waals surface area contributed by atoms with Crippen LogP contribution in [-0.2, 0) is 33.3 Å². The molecule has 1 heterocycles. The van der Waals surface area contributed by atoms with Crippen LogP contribution in [0.2, 0.25) is 0 Å². The van der Waals surface area contributed by atoms with E-state index in [1.165, 1.54) is 18.0 Å². The van der Waals surface area contributed by atoms with Crippen molar-refractivity contribution in [2.75, 3.05) is 78.3 Å². The molecule has 13 nitrogen and oxygen atoms in total. The smallest absolute Gasteiger partial charge is 0.255 e. The van der Waals surface area contributed by atoms with E-state index in [1.54, 1.807) is 12.1 Å². The molecule has 210 valence electrons. The lowest BCUT2D eigenvalue weighted by atomic mass is 10.0. The Morgan fingerprint density at radius 3 is 2.16 bits per heavy atom. The minimum absolute atomic E-state index is 0.146. The Balaban J connectivity index is 1.63. The van der Waals surface area contributed by atoms with E-state index in [1.807, 2.05) is 0 Å². The maximum absolute atomic E-state index is 13.0. The van der Waals surface area contributed by atoms with Gasteiger partial charge in [0.2, 0.25) is 18.2 Å². The molecule has 1 aromatic carbocycles. The van der Waals surface area contributed by atoms with Crippen molar-refractivity contribution in [2.24, 2.45) is 0 Å². The van der Waals surface area contributed by atoms with Crippen LogP contribution < -0.4 is 16.0 Å². The van der Waals surface area contributed by atoms with Gasteiger partial charge in [-0.3, -0.25) is 29.3 Å². The van der Waals surface area contributed by atoms with E-state index in [2.05, 4.69) is 16.0 Å². The van der Waals surface area contributed by atoms with E-state index in [4.69, 9.17) is 18.9 Å².